The Kier molecular flexibility index (Phi) is 1.74. The Hall–Kier alpha value is 0. The van der Waals surface area contributed by atoms with E-state index in [1.165, 1.54) is 19.3 Å². The highest BCUT2D eigenvalue weighted by Crippen LogP contribution is 2.65. The van der Waals surface area contributed by atoms with Gasteiger partial charge in [-0.15, -0.1) is 0 Å². The summed E-state index contributed by atoms with van der Waals surface area (Å²) in [5.74, 6) is 2.26. The Morgan fingerprint density at radius 3 is 2.55 bits per heavy atom. The molecule has 0 heterocycles. The first-order chi connectivity index (χ1) is 5.30. The van der Waals surface area contributed by atoms with E-state index in [-0.39, 0.29) is 0 Å². The molecular formula is C11H20. The molecule has 2 bridgehead atoms. The standard InChI is InChI=1S/C11H20/c1-3-5-10-6-9-7-11(10,4-2)8-9/h9-10H,3-8H2,1-2H3. The van der Waals surface area contributed by atoms with Crippen LogP contribution in [0.25, 0.3) is 0 Å². The van der Waals surface area contributed by atoms with Crippen LogP contribution < -0.4 is 0 Å². The quantitative estimate of drug-likeness (QED) is 0.579. The molecule has 0 saturated heterocycles. The second-order valence-electron chi connectivity index (χ2n) is 4.71. The van der Waals surface area contributed by atoms with Crippen molar-refractivity contribution in [2.45, 2.75) is 52.4 Å². The van der Waals surface area contributed by atoms with E-state index in [1.807, 2.05) is 0 Å². The summed E-state index contributed by atoms with van der Waals surface area (Å²) in [7, 11) is 0. The molecule has 0 aliphatic heterocycles. The molecule has 0 nitrogen and oxygen atoms in total. The van der Waals surface area contributed by atoms with Crippen molar-refractivity contribution in [2.75, 3.05) is 0 Å². The van der Waals surface area contributed by atoms with Crippen molar-refractivity contribution in [1.82, 2.24) is 0 Å². The zero-order valence-electron chi connectivity index (χ0n) is 7.90. The normalized spacial score (nSPS) is 47.5. The maximum Gasteiger partial charge on any atom is -0.0266 e. The highest BCUT2D eigenvalue weighted by Gasteiger charge is 2.54. The van der Waals surface area contributed by atoms with Crippen molar-refractivity contribution in [2.24, 2.45) is 17.3 Å². The SMILES string of the molecule is CCCC1CC2CC1(CC)C2. The molecule has 0 aromatic heterocycles. The molecule has 0 N–H and O–H groups in total. The van der Waals surface area contributed by atoms with Crippen molar-refractivity contribution in [3.63, 3.8) is 0 Å². The van der Waals surface area contributed by atoms with Gasteiger partial charge < -0.3 is 0 Å². The van der Waals surface area contributed by atoms with Crippen LogP contribution in [0.3, 0.4) is 0 Å². The third kappa shape index (κ3) is 0.947. The molecule has 0 aromatic carbocycles. The van der Waals surface area contributed by atoms with E-state index in [4.69, 9.17) is 0 Å². The third-order valence-corrected chi connectivity index (χ3v) is 4.22. The number of rotatable bonds is 3. The minimum Gasteiger partial charge on any atom is -0.0654 e. The van der Waals surface area contributed by atoms with Gasteiger partial charge in [0.1, 0.15) is 0 Å². The van der Waals surface area contributed by atoms with Crippen LogP contribution in [0.4, 0.5) is 0 Å². The minimum atomic E-state index is 0.848. The van der Waals surface area contributed by atoms with E-state index >= 15 is 0 Å². The smallest absolute Gasteiger partial charge is 0.0266 e. The van der Waals surface area contributed by atoms with Gasteiger partial charge in [0.2, 0.25) is 0 Å². The third-order valence-electron chi connectivity index (χ3n) is 4.22. The average Bonchev–Trinajstić information content (AvgIpc) is 2.41. The molecule has 3 fully saturated rings. The van der Waals surface area contributed by atoms with Crippen LogP contribution in [-0.2, 0) is 0 Å². The van der Waals surface area contributed by atoms with Gasteiger partial charge in [-0.05, 0) is 36.5 Å². The molecule has 0 radical (unpaired) electrons. The molecule has 0 aromatic rings. The van der Waals surface area contributed by atoms with Crippen LogP contribution in [0.5, 0.6) is 0 Å². The summed E-state index contributed by atoms with van der Waals surface area (Å²) in [4.78, 5) is 0. The lowest BCUT2D eigenvalue weighted by Gasteiger charge is -2.41. The summed E-state index contributed by atoms with van der Waals surface area (Å²) in [6.45, 7) is 4.73. The molecule has 3 saturated carbocycles. The summed E-state index contributed by atoms with van der Waals surface area (Å²) in [5.41, 5.74) is 0.848. The Labute approximate surface area is 70.4 Å². The van der Waals surface area contributed by atoms with Crippen molar-refractivity contribution in [3.8, 4) is 0 Å². The zero-order chi connectivity index (χ0) is 7.90. The molecule has 11 heavy (non-hydrogen) atoms. The zero-order valence-corrected chi connectivity index (χ0v) is 7.90. The fourth-order valence-electron chi connectivity index (χ4n) is 3.59. The molecular weight excluding hydrogens is 132 g/mol. The first-order valence-electron chi connectivity index (χ1n) is 5.30. The minimum absolute atomic E-state index is 0.848. The van der Waals surface area contributed by atoms with Gasteiger partial charge in [0.25, 0.3) is 0 Å². The van der Waals surface area contributed by atoms with E-state index in [0.717, 1.165) is 17.3 Å². The fraction of sp³-hybridized carbons (Fsp3) is 1.00. The summed E-state index contributed by atoms with van der Waals surface area (Å²) in [6.07, 6.45) is 9.08. The van der Waals surface area contributed by atoms with Gasteiger partial charge in [0.05, 0.1) is 0 Å². The van der Waals surface area contributed by atoms with Gasteiger partial charge in [0.15, 0.2) is 0 Å². The van der Waals surface area contributed by atoms with E-state index in [1.54, 1.807) is 19.3 Å². The number of hydrogen-bond acceptors (Lipinski definition) is 0. The Morgan fingerprint density at radius 1 is 1.27 bits per heavy atom. The lowest BCUT2D eigenvalue weighted by atomic mass is 9.64. The monoisotopic (exact) mass is 152 g/mol. The highest BCUT2D eigenvalue weighted by atomic mass is 14.6. The lowest BCUT2D eigenvalue weighted by molar-refractivity contribution is 0.0952. The maximum atomic E-state index is 2.39. The van der Waals surface area contributed by atoms with Gasteiger partial charge in [0, 0.05) is 0 Å². The molecule has 3 aliphatic rings. The van der Waals surface area contributed by atoms with E-state index < -0.39 is 0 Å². The van der Waals surface area contributed by atoms with Crippen LogP contribution >= 0.6 is 0 Å². The van der Waals surface area contributed by atoms with Crippen molar-refractivity contribution in [3.05, 3.63) is 0 Å². The van der Waals surface area contributed by atoms with E-state index in [2.05, 4.69) is 13.8 Å². The number of fused-ring (bicyclic) bond motifs is 1. The molecule has 0 heteroatoms. The Bertz CT molecular complexity index is 142. The summed E-state index contributed by atoms with van der Waals surface area (Å²) in [5, 5.41) is 0. The first kappa shape index (κ1) is 7.64. The molecule has 0 amide bonds. The molecule has 3 aliphatic carbocycles. The second kappa shape index (κ2) is 2.50. The Morgan fingerprint density at radius 2 is 2.00 bits per heavy atom. The van der Waals surface area contributed by atoms with Gasteiger partial charge in [-0.25, -0.2) is 0 Å². The fourth-order valence-corrected chi connectivity index (χ4v) is 3.59. The molecule has 3 rings (SSSR count). The summed E-state index contributed by atoms with van der Waals surface area (Å²) < 4.78 is 0. The second-order valence-corrected chi connectivity index (χ2v) is 4.71. The van der Waals surface area contributed by atoms with Crippen LogP contribution in [0.1, 0.15) is 52.4 Å². The molecule has 1 unspecified atom stereocenters. The predicted octanol–water partition coefficient (Wildman–Crippen LogP) is 3.61. The Balaban J connectivity index is 2.00. The summed E-state index contributed by atoms with van der Waals surface area (Å²) in [6, 6.07) is 0. The van der Waals surface area contributed by atoms with Crippen LogP contribution in [0, 0.1) is 17.3 Å². The molecule has 64 valence electrons. The molecule has 1 atom stereocenters. The van der Waals surface area contributed by atoms with Crippen molar-refractivity contribution < 1.29 is 0 Å². The van der Waals surface area contributed by atoms with Crippen molar-refractivity contribution >= 4 is 0 Å². The van der Waals surface area contributed by atoms with Crippen LogP contribution in [0.2, 0.25) is 0 Å². The van der Waals surface area contributed by atoms with Crippen molar-refractivity contribution in [1.29, 1.82) is 0 Å². The van der Waals surface area contributed by atoms with Crippen LogP contribution in [0.15, 0.2) is 0 Å². The maximum absolute atomic E-state index is 2.39. The topological polar surface area (TPSA) is 0 Å². The van der Waals surface area contributed by atoms with Gasteiger partial charge >= 0.3 is 0 Å². The summed E-state index contributed by atoms with van der Waals surface area (Å²) >= 11 is 0. The van der Waals surface area contributed by atoms with Crippen LogP contribution in [-0.4, -0.2) is 0 Å². The largest absolute Gasteiger partial charge is 0.0654 e. The lowest BCUT2D eigenvalue weighted by Crippen LogP contribution is -2.31. The van der Waals surface area contributed by atoms with Gasteiger partial charge in [-0.3, -0.25) is 0 Å². The average molecular weight is 152 g/mol. The van der Waals surface area contributed by atoms with Gasteiger partial charge in [-0.2, -0.15) is 0 Å². The highest BCUT2D eigenvalue weighted by molar-refractivity contribution is 5.04. The molecule has 0 spiro atoms. The van der Waals surface area contributed by atoms with E-state index in [0.29, 0.717) is 0 Å². The predicted molar refractivity (Wildman–Crippen MR) is 48.5 cm³/mol. The first-order valence-corrected chi connectivity index (χ1v) is 5.30. The number of hydrogen-bond donors (Lipinski definition) is 0. The van der Waals surface area contributed by atoms with E-state index in [9.17, 15) is 0 Å². The van der Waals surface area contributed by atoms with Gasteiger partial charge in [-0.1, -0.05) is 33.1 Å².